The first-order valence-corrected chi connectivity index (χ1v) is 15.7. The summed E-state index contributed by atoms with van der Waals surface area (Å²) in [6.45, 7) is 0. The van der Waals surface area contributed by atoms with Crippen molar-refractivity contribution in [2.45, 2.75) is 0 Å². The molecule has 0 saturated heterocycles. The lowest BCUT2D eigenvalue weighted by atomic mass is 9.98. The van der Waals surface area contributed by atoms with Crippen LogP contribution in [0.5, 0.6) is 0 Å². The molecule has 0 N–H and O–H groups in total. The smallest absolute Gasteiger partial charge is 0.146 e. The number of fused-ring (bicyclic) bond motifs is 14. The minimum atomic E-state index is 0.989. The number of rotatable bonds is 2. The van der Waals surface area contributed by atoms with Crippen LogP contribution in [0.4, 0.5) is 0 Å². The first-order valence-electron chi connectivity index (χ1n) is 14.8. The van der Waals surface area contributed by atoms with E-state index in [9.17, 15) is 0 Å². The second kappa shape index (κ2) is 8.96. The van der Waals surface area contributed by atoms with Crippen molar-refractivity contribution in [1.82, 2.24) is 14.4 Å². The van der Waals surface area contributed by atoms with Crippen LogP contribution in [-0.4, -0.2) is 14.4 Å². The molecule has 0 fully saturated rings. The number of imidazole rings is 1. The van der Waals surface area contributed by atoms with Crippen molar-refractivity contribution >= 4 is 81.5 Å². The molecule has 0 saturated carbocycles. The maximum absolute atomic E-state index is 5.44. The van der Waals surface area contributed by atoms with E-state index in [0.29, 0.717) is 0 Å². The van der Waals surface area contributed by atoms with Gasteiger partial charge in [-0.2, -0.15) is 0 Å². The molecule has 0 spiro atoms. The van der Waals surface area contributed by atoms with Crippen molar-refractivity contribution in [1.29, 1.82) is 0 Å². The number of hydrogen-bond acceptors (Lipinski definition) is 3. The van der Waals surface area contributed by atoms with Crippen molar-refractivity contribution in [3.8, 4) is 21.7 Å². The summed E-state index contributed by atoms with van der Waals surface area (Å²) in [6.07, 6.45) is 0. The molecule has 4 heteroatoms. The van der Waals surface area contributed by atoms with E-state index in [-0.39, 0.29) is 0 Å². The summed E-state index contributed by atoms with van der Waals surface area (Å²) in [4.78, 5) is 10.3. The van der Waals surface area contributed by atoms with Crippen LogP contribution in [0.1, 0.15) is 0 Å². The molecule has 0 atom stereocenters. The van der Waals surface area contributed by atoms with Gasteiger partial charge in [0.2, 0.25) is 0 Å². The maximum Gasteiger partial charge on any atom is 0.146 e. The van der Waals surface area contributed by atoms with Crippen LogP contribution in [0, 0.1) is 0 Å². The first kappa shape index (κ1) is 23.9. The second-order valence-corrected chi connectivity index (χ2v) is 12.4. The summed E-state index contributed by atoms with van der Waals surface area (Å²) in [7, 11) is 0. The van der Waals surface area contributed by atoms with Gasteiger partial charge in [0.1, 0.15) is 10.7 Å². The number of pyridine rings is 1. The Bertz CT molecular complexity index is 2740. The summed E-state index contributed by atoms with van der Waals surface area (Å²) in [5.41, 5.74) is 8.91. The Kier molecular flexibility index (Phi) is 4.87. The van der Waals surface area contributed by atoms with Gasteiger partial charge < -0.3 is 0 Å². The summed E-state index contributed by atoms with van der Waals surface area (Å²) in [5.74, 6) is 0. The maximum atomic E-state index is 5.44. The lowest BCUT2D eigenvalue weighted by molar-refractivity contribution is 1.32. The molecule has 0 bridgehead atoms. The third-order valence-corrected chi connectivity index (χ3v) is 10.1. The number of benzene rings is 7. The molecule has 204 valence electrons. The van der Waals surface area contributed by atoms with Crippen molar-refractivity contribution in [2.24, 2.45) is 0 Å². The van der Waals surface area contributed by atoms with E-state index in [0.717, 1.165) is 38.2 Å². The lowest BCUT2D eigenvalue weighted by Crippen LogP contribution is -1.92. The molecule has 0 radical (unpaired) electrons. The van der Waals surface area contributed by atoms with E-state index in [1.165, 1.54) is 53.7 Å². The van der Waals surface area contributed by atoms with Gasteiger partial charge >= 0.3 is 0 Å². The third kappa shape index (κ3) is 3.31. The molecule has 10 rings (SSSR count). The standard InChI is InChI=1S/C40H23N3S/c1-3-12-31-27(9-1)28-10-2-4-13-32(28)38-37(31)42-39-33-23-26(21-22-29(33)30-11-5-7-15-35(30)43(38)39)24-17-19-25(20-18-24)40-41-34-14-6-8-16-36(34)44-40/h1-23H. The van der Waals surface area contributed by atoms with Gasteiger partial charge in [0, 0.05) is 27.1 Å². The Balaban J connectivity index is 1.25. The average Bonchev–Trinajstić information content (AvgIpc) is 3.72. The Hall–Kier alpha value is -5.58. The van der Waals surface area contributed by atoms with Gasteiger partial charge in [-0.15, -0.1) is 11.3 Å². The van der Waals surface area contributed by atoms with Crippen molar-refractivity contribution in [3.63, 3.8) is 0 Å². The van der Waals surface area contributed by atoms with Gasteiger partial charge in [-0.05, 0) is 51.6 Å². The van der Waals surface area contributed by atoms with Crippen LogP contribution < -0.4 is 0 Å². The highest BCUT2D eigenvalue weighted by atomic mass is 32.1. The summed E-state index contributed by atoms with van der Waals surface area (Å²) < 4.78 is 3.60. The lowest BCUT2D eigenvalue weighted by Gasteiger charge is -2.12. The van der Waals surface area contributed by atoms with Crippen LogP contribution in [0.15, 0.2) is 140 Å². The van der Waals surface area contributed by atoms with Crippen LogP contribution in [0.25, 0.3) is 91.8 Å². The summed E-state index contributed by atoms with van der Waals surface area (Å²) >= 11 is 1.74. The van der Waals surface area contributed by atoms with E-state index >= 15 is 0 Å². The van der Waals surface area contributed by atoms with Crippen LogP contribution >= 0.6 is 11.3 Å². The molecule has 0 amide bonds. The molecule has 44 heavy (non-hydrogen) atoms. The predicted molar refractivity (Wildman–Crippen MR) is 187 cm³/mol. The van der Waals surface area contributed by atoms with Crippen molar-refractivity contribution < 1.29 is 0 Å². The summed E-state index contributed by atoms with van der Waals surface area (Å²) in [6, 6.07) is 50.1. The normalized spacial score (nSPS) is 12.1. The molecular formula is C40H23N3S. The topological polar surface area (TPSA) is 30.2 Å². The number of para-hydroxylation sites is 2. The molecule has 3 heterocycles. The van der Waals surface area contributed by atoms with E-state index in [1.54, 1.807) is 11.3 Å². The minimum absolute atomic E-state index is 0.989. The van der Waals surface area contributed by atoms with E-state index in [4.69, 9.17) is 9.97 Å². The summed E-state index contributed by atoms with van der Waals surface area (Å²) in [5, 5.41) is 9.54. The molecule has 3 aromatic heterocycles. The van der Waals surface area contributed by atoms with Crippen LogP contribution in [0.3, 0.4) is 0 Å². The van der Waals surface area contributed by atoms with Crippen molar-refractivity contribution in [2.75, 3.05) is 0 Å². The monoisotopic (exact) mass is 577 g/mol. The van der Waals surface area contributed by atoms with Crippen LogP contribution in [0.2, 0.25) is 0 Å². The largest absolute Gasteiger partial charge is 0.291 e. The highest BCUT2D eigenvalue weighted by Gasteiger charge is 2.19. The number of nitrogens with zero attached hydrogens (tertiary/aromatic N) is 3. The Morgan fingerprint density at radius 2 is 1.07 bits per heavy atom. The Morgan fingerprint density at radius 1 is 0.455 bits per heavy atom. The SMILES string of the molecule is c1ccc2sc(-c3ccc(-c4ccc5c6ccccc6n6c(nc7c8ccccc8c8ccccc8c76)c5c4)cc3)nc2c1. The molecule has 3 nitrogen and oxygen atoms in total. The molecule has 0 aliphatic heterocycles. The minimum Gasteiger partial charge on any atom is -0.291 e. The zero-order valence-corrected chi connectivity index (χ0v) is 24.3. The van der Waals surface area contributed by atoms with E-state index < -0.39 is 0 Å². The van der Waals surface area contributed by atoms with Crippen molar-refractivity contribution in [3.05, 3.63) is 140 Å². The van der Waals surface area contributed by atoms with E-state index in [2.05, 4.69) is 138 Å². The second-order valence-electron chi connectivity index (χ2n) is 11.4. The van der Waals surface area contributed by atoms with Gasteiger partial charge in [0.15, 0.2) is 0 Å². The van der Waals surface area contributed by atoms with Gasteiger partial charge in [-0.1, -0.05) is 115 Å². The fourth-order valence-corrected chi connectivity index (χ4v) is 7.93. The predicted octanol–water partition coefficient (Wildman–Crippen LogP) is 11.0. The van der Waals surface area contributed by atoms with E-state index in [1.807, 2.05) is 6.07 Å². The molecule has 0 aliphatic carbocycles. The average molecular weight is 578 g/mol. The van der Waals surface area contributed by atoms with Gasteiger partial charge in [-0.25, -0.2) is 9.97 Å². The molecule has 7 aromatic carbocycles. The van der Waals surface area contributed by atoms with Crippen LogP contribution in [-0.2, 0) is 0 Å². The first-order chi connectivity index (χ1) is 21.8. The fourth-order valence-electron chi connectivity index (χ4n) is 6.96. The van der Waals surface area contributed by atoms with Gasteiger partial charge in [0.05, 0.1) is 26.8 Å². The van der Waals surface area contributed by atoms with Gasteiger partial charge in [-0.3, -0.25) is 4.40 Å². The Labute approximate surface area is 256 Å². The fraction of sp³-hybridized carbons (Fsp3) is 0. The molecule has 0 aliphatic rings. The zero-order valence-electron chi connectivity index (χ0n) is 23.5. The molecule has 10 aromatic rings. The Morgan fingerprint density at radius 3 is 1.89 bits per heavy atom. The highest BCUT2D eigenvalue weighted by molar-refractivity contribution is 7.21. The number of thiazole rings is 1. The quantitative estimate of drug-likeness (QED) is 0.191. The number of aromatic nitrogens is 3. The third-order valence-electron chi connectivity index (χ3n) is 8.99. The number of hydrogen-bond donors (Lipinski definition) is 0. The molecule has 0 unspecified atom stereocenters. The highest BCUT2D eigenvalue weighted by Crippen LogP contribution is 2.40. The van der Waals surface area contributed by atoms with Gasteiger partial charge in [0.25, 0.3) is 0 Å². The molecular weight excluding hydrogens is 555 g/mol. The zero-order chi connectivity index (χ0) is 28.8.